The summed E-state index contributed by atoms with van der Waals surface area (Å²) < 4.78 is 24.8. The van der Waals surface area contributed by atoms with Crippen molar-refractivity contribution in [2.75, 3.05) is 6.54 Å². The molecular formula is C15H25NO2S. The van der Waals surface area contributed by atoms with Gasteiger partial charge < -0.3 is 5.32 Å². The Kier molecular flexibility index (Phi) is 6.52. The number of rotatable bonds is 8. The zero-order valence-corrected chi connectivity index (χ0v) is 12.9. The van der Waals surface area contributed by atoms with Gasteiger partial charge in [-0.2, -0.15) is 0 Å². The van der Waals surface area contributed by atoms with Gasteiger partial charge in [-0.25, -0.2) is 8.42 Å². The Labute approximate surface area is 117 Å². The van der Waals surface area contributed by atoms with Crippen molar-refractivity contribution in [1.29, 1.82) is 0 Å². The average molecular weight is 283 g/mol. The highest BCUT2D eigenvalue weighted by Crippen LogP contribution is 2.15. The zero-order valence-electron chi connectivity index (χ0n) is 12.1. The van der Waals surface area contributed by atoms with E-state index in [9.17, 15) is 8.42 Å². The third-order valence-electron chi connectivity index (χ3n) is 3.44. The molecule has 19 heavy (non-hydrogen) atoms. The summed E-state index contributed by atoms with van der Waals surface area (Å²) in [5.41, 5.74) is 0.861. The van der Waals surface area contributed by atoms with Gasteiger partial charge in [0, 0.05) is 6.04 Å². The Morgan fingerprint density at radius 3 is 2.32 bits per heavy atom. The molecule has 0 saturated carbocycles. The van der Waals surface area contributed by atoms with Crippen molar-refractivity contribution in [3.05, 3.63) is 35.9 Å². The van der Waals surface area contributed by atoms with Gasteiger partial charge in [0.1, 0.15) is 0 Å². The molecule has 0 bridgehead atoms. The topological polar surface area (TPSA) is 46.2 Å². The summed E-state index contributed by atoms with van der Waals surface area (Å²) in [5, 5.41) is 2.97. The lowest BCUT2D eigenvalue weighted by atomic mass is 10.1. The molecule has 0 aliphatic heterocycles. The number of sulfone groups is 1. The molecule has 0 fully saturated rings. The summed E-state index contributed by atoms with van der Waals surface area (Å²) in [4.78, 5) is 0. The molecule has 2 atom stereocenters. The molecular weight excluding hydrogens is 258 g/mol. The molecule has 0 saturated heterocycles. The molecule has 2 unspecified atom stereocenters. The number of nitrogens with one attached hydrogen (secondary N) is 1. The second-order valence-electron chi connectivity index (χ2n) is 4.97. The van der Waals surface area contributed by atoms with Crippen molar-refractivity contribution in [2.45, 2.75) is 50.7 Å². The largest absolute Gasteiger partial charge is 0.313 e. The van der Waals surface area contributed by atoms with Crippen LogP contribution in [0, 0.1) is 0 Å². The van der Waals surface area contributed by atoms with Crippen molar-refractivity contribution in [1.82, 2.24) is 5.32 Å². The Balaban J connectivity index is 2.75. The SMILES string of the molecule is CCCNC(CC)C(C)S(=O)(=O)Cc1ccccc1. The average Bonchev–Trinajstić information content (AvgIpc) is 2.40. The van der Waals surface area contributed by atoms with Crippen LogP contribution in [0.15, 0.2) is 30.3 Å². The van der Waals surface area contributed by atoms with Gasteiger partial charge in [-0.05, 0) is 31.9 Å². The van der Waals surface area contributed by atoms with Crippen molar-refractivity contribution >= 4 is 9.84 Å². The maximum absolute atomic E-state index is 12.4. The minimum Gasteiger partial charge on any atom is -0.313 e. The van der Waals surface area contributed by atoms with Crippen molar-refractivity contribution in [3.63, 3.8) is 0 Å². The molecule has 0 radical (unpaired) electrons. The van der Waals surface area contributed by atoms with E-state index in [1.807, 2.05) is 44.2 Å². The van der Waals surface area contributed by atoms with E-state index in [4.69, 9.17) is 0 Å². The molecule has 0 spiro atoms. The van der Waals surface area contributed by atoms with Gasteiger partial charge in [-0.15, -0.1) is 0 Å². The smallest absolute Gasteiger partial charge is 0.158 e. The first-order chi connectivity index (χ1) is 9.01. The zero-order chi connectivity index (χ0) is 14.3. The summed E-state index contributed by atoms with van der Waals surface area (Å²) in [6.07, 6.45) is 1.84. The highest BCUT2D eigenvalue weighted by molar-refractivity contribution is 7.91. The van der Waals surface area contributed by atoms with E-state index in [0.717, 1.165) is 24.9 Å². The van der Waals surface area contributed by atoms with Crippen LogP contribution >= 0.6 is 0 Å². The van der Waals surface area contributed by atoms with E-state index >= 15 is 0 Å². The molecule has 1 rings (SSSR count). The van der Waals surface area contributed by atoms with Crippen molar-refractivity contribution in [2.24, 2.45) is 0 Å². The van der Waals surface area contributed by atoms with Crippen LogP contribution in [0.25, 0.3) is 0 Å². The van der Waals surface area contributed by atoms with Gasteiger partial charge in [-0.3, -0.25) is 0 Å². The predicted molar refractivity (Wildman–Crippen MR) is 80.9 cm³/mol. The van der Waals surface area contributed by atoms with E-state index in [-0.39, 0.29) is 17.0 Å². The minimum atomic E-state index is -3.12. The lowest BCUT2D eigenvalue weighted by molar-refractivity contribution is 0.471. The first-order valence-electron chi connectivity index (χ1n) is 7.00. The maximum Gasteiger partial charge on any atom is 0.158 e. The van der Waals surface area contributed by atoms with Crippen LogP contribution in [0.5, 0.6) is 0 Å². The molecule has 108 valence electrons. The van der Waals surface area contributed by atoms with Crippen LogP contribution in [0.2, 0.25) is 0 Å². The van der Waals surface area contributed by atoms with E-state index in [0.29, 0.717) is 0 Å². The third kappa shape index (κ3) is 4.96. The standard InChI is InChI=1S/C15H25NO2S/c1-4-11-16-15(5-2)13(3)19(17,18)12-14-9-7-6-8-10-14/h6-10,13,15-16H,4-5,11-12H2,1-3H3. The van der Waals surface area contributed by atoms with Crippen LogP contribution < -0.4 is 5.32 Å². The van der Waals surface area contributed by atoms with Crippen molar-refractivity contribution in [3.8, 4) is 0 Å². The van der Waals surface area contributed by atoms with Crippen LogP contribution in [0.3, 0.4) is 0 Å². The lowest BCUT2D eigenvalue weighted by Gasteiger charge is -2.24. The van der Waals surface area contributed by atoms with Crippen molar-refractivity contribution < 1.29 is 8.42 Å². The summed E-state index contributed by atoms with van der Waals surface area (Å²) in [6, 6.07) is 9.42. The van der Waals surface area contributed by atoms with Crippen LogP contribution in [0.4, 0.5) is 0 Å². The first kappa shape index (κ1) is 16.2. The van der Waals surface area contributed by atoms with Gasteiger partial charge in [0.25, 0.3) is 0 Å². The molecule has 0 aromatic heterocycles. The highest BCUT2D eigenvalue weighted by Gasteiger charge is 2.27. The quantitative estimate of drug-likeness (QED) is 0.798. The van der Waals surface area contributed by atoms with Gasteiger partial charge in [0.15, 0.2) is 9.84 Å². The fraction of sp³-hybridized carbons (Fsp3) is 0.600. The van der Waals surface area contributed by atoms with E-state index in [2.05, 4.69) is 12.2 Å². The van der Waals surface area contributed by atoms with Crippen LogP contribution in [-0.4, -0.2) is 26.3 Å². The molecule has 0 amide bonds. The summed E-state index contributed by atoms with van der Waals surface area (Å²) in [7, 11) is -3.12. The highest BCUT2D eigenvalue weighted by atomic mass is 32.2. The monoisotopic (exact) mass is 283 g/mol. The minimum absolute atomic E-state index is 0.0358. The molecule has 1 aromatic carbocycles. The van der Waals surface area contributed by atoms with Gasteiger partial charge in [0.2, 0.25) is 0 Å². The normalized spacial score (nSPS) is 15.1. The van der Waals surface area contributed by atoms with Crippen LogP contribution in [0.1, 0.15) is 39.2 Å². The Hall–Kier alpha value is -0.870. The molecule has 0 aliphatic rings. The second kappa shape index (κ2) is 7.65. The van der Waals surface area contributed by atoms with E-state index in [1.54, 1.807) is 0 Å². The lowest BCUT2D eigenvalue weighted by Crippen LogP contribution is -2.42. The Bertz CT molecular complexity index is 456. The van der Waals surface area contributed by atoms with Gasteiger partial charge in [0.05, 0.1) is 11.0 Å². The number of hydrogen-bond donors (Lipinski definition) is 1. The molecule has 0 aliphatic carbocycles. The van der Waals surface area contributed by atoms with E-state index in [1.165, 1.54) is 0 Å². The number of hydrogen-bond acceptors (Lipinski definition) is 3. The molecule has 1 aromatic rings. The Morgan fingerprint density at radius 1 is 1.16 bits per heavy atom. The Morgan fingerprint density at radius 2 is 1.79 bits per heavy atom. The first-order valence-corrected chi connectivity index (χ1v) is 8.71. The fourth-order valence-electron chi connectivity index (χ4n) is 2.16. The summed E-state index contributed by atoms with van der Waals surface area (Å²) in [5.74, 6) is 0.124. The molecule has 3 nitrogen and oxygen atoms in total. The predicted octanol–water partition coefficient (Wildman–Crippen LogP) is 2.77. The summed E-state index contributed by atoms with van der Waals surface area (Å²) >= 11 is 0. The summed E-state index contributed by atoms with van der Waals surface area (Å²) in [6.45, 7) is 6.80. The van der Waals surface area contributed by atoms with Crippen LogP contribution in [-0.2, 0) is 15.6 Å². The molecule has 4 heteroatoms. The molecule has 0 heterocycles. The molecule has 1 N–H and O–H groups in total. The van der Waals surface area contributed by atoms with E-state index < -0.39 is 9.84 Å². The van der Waals surface area contributed by atoms with Gasteiger partial charge in [-0.1, -0.05) is 44.2 Å². The number of benzene rings is 1. The maximum atomic E-state index is 12.4. The fourth-order valence-corrected chi connectivity index (χ4v) is 3.87. The van der Waals surface area contributed by atoms with Gasteiger partial charge >= 0.3 is 0 Å². The third-order valence-corrected chi connectivity index (χ3v) is 5.64. The second-order valence-corrected chi connectivity index (χ2v) is 7.32.